The van der Waals surface area contributed by atoms with Gasteiger partial charge in [0.15, 0.2) is 0 Å². The third kappa shape index (κ3) is 4.18. The lowest BCUT2D eigenvalue weighted by Crippen LogP contribution is -2.51. The van der Waals surface area contributed by atoms with Crippen LogP contribution in [-0.4, -0.2) is 71.8 Å². The predicted octanol–water partition coefficient (Wildman–Crippen LogP) is 1.90. The summed E-state index contributed by atoms with van der Waals surface area (Å²) in [6.07, 6.45) is 2.24. The average molecular weight is 347 g/mol. The molecule has 1 heterocycles. The molecule has 6 heteroatoms. The predicted molar refractivity (Wildman–Crippen MR) is 93.9 cm³/mol. The van der Waals surface area contributed by atoms with Crippen molar-refractivity contribution in [2.24, 2.45) is 0 Å². The van der Waals surface area contributed by atoms with Gasteiger partial charge in [0.25, 0.3) is 5.91 Å². The van der Waals surface area contributed by atoms with Crippen LogP contribution in [0.15, 0.2) is 18.2 Å². The molecule has 1 saturated heterocycles. The normalized spacial score (nSPS) is 18.3. The molecule has 0 radical (unpaired) electrons. The van der Waals surface area contributed by atoms with Crippen LogP contribution in [0.25, 0.3) is 0 Å². The molecular formula is C19H26FN3O2. The molecule has 1 aromatic carbocycles. The van der Waals surface area contributed by atoms with Crippen molar-refractivity contribution < 1.29 is 14.0 Å². The Hall–Kier alpha value is -1.95. The van der Waals surface area contributed by atoms with E-state index in [1.165, 1.54) is 6.07 Å². The maximum absolute atomic E-state index is 13.7. The fourth-order valence-electron chi connectivity index (χ4n) is 3.32. The summed E-state index contributed by atoms with van der Waals surface area (Å²) >= 11 is 0. The van der Waals surface area contributed by atoms with E-state index in [0.717, 1.165) is 19.4 Å². The summed E-state index contributed by atoms with van der Waals surface area (Å²) in [5.41, 5.74) is 0.926. The van der Waals surface area contributed by atoms with E-state index in [1.807, 2.05) is 11.8 Å². The first kappa shape index (κ1) is 17.9. The minimum atomic E-state index is -0.352. The molecule has 0 aromatic heterocycles. The maximum atomic E-state index is 13.7. The van der Waals surface area contributed by atoms with E-state index in [2.05, 4.69) is 4.90 Å². The molecule has 0 unspecified atom stereocenters. The summed E-state index contributed by atoms with van der Waals surface area (Å²) in [5, 5.41) is 0. The molecule has 136 valence electrons. The lowest BCUT2D eigenvalue weighted by molar-refractivity contribution is -0.133. The summed E-state index contributed by atoms with van der Waals surface area (Å²) in [6.45, 7) is 7.37. The largest absolute Gasteiger partial charge is 0.339 e. The highest BCUT2D eigenvalue weighted by Crippen LogP contribution is 2.26. The summed E-state index contributed by atoms with van der Waals surface area (Å²) in [5.74, 6) is -0.307. The Labute approximate surface area is 148 Å². The van der Waals surface area contributed by atoms with Gasteiger partial charge in [-0.25, -0.2) is 4.39 Å². The van der Waals surface area contributed by atoms with E-state index in [0.29, 0.717) is 49.9 Å². The van der Waals surface area contributed by atoms with Crippen molar-refractivity contribution in [3.05, 3.63) is 35.1 Å². The smallest absolute Gasteiger partial charge is 0.254 e. The van der Waals surface area contributed by atoms with Crippen LogP contribution in [0.1, 0.15) is 35.7 Å². The van der Waals surface area contributed by atoms with Gasteiger partial charge >= 0.3 is 0 Å². The molecule has 1 aliphatic heterocycles. The number of rotatable bonds is 5. The Bertz CT molecular complexity index is 652. The van der Waals surface area contributed by atoms with Crippen LogP contribution < -0.4 is 0 Å². The van der Waals surface area contributed by atoms with Crippen LogP contribution in [0.3, 0.4) is 0 Å². The highest BCUT2D eigenvalue weighted by Gasteiger charge is 2.32. The first-order valence-electron chi connectivity index (χ1n) is 9.07. The molecule has 0 atom stereocenters. The number of carbonyl (C=O) groups is 2. The molecule has 0 bridgehead atoms. The summed E-state index contributed by atoms with van der Waals surface area (Å²) < 4.78 is 13.7. The molecule has 1 saturated carbocycles. The molecule has 1 aromatic rings. The van der Waals surface area contributed by atoms with Crippen LogP contribution in [0.5, 0.6) is 0 Å². The Morgan fingerprint density at radius 2 is 1.88 bits per heavy atom. The van der Waals surface area contributed by atoms with Crippen molar-refractivity contribution in [2.45, 2.75) is 32.7 Å². The molecular weight excluding hydrogens is 321 g/mol. The SMILES string of the molecule is CCN(C(=O)CN1CCN(C(=O)c2ccc(C)c(F)c2)CC1)C1CC1. The second-order valence-corrected chi connectivity index (χ2v) is 6.94. The van der Waals surface area contributed by atoms with Crippen LogP contribution in [0, 0.1) is 12.7 Å². The van der Waals surface area contributed by atoms with Gasteiger partial charge in [0.05, 0.1) is 6.54 Å². The summed E-state index contributed by atoms with van der Waals surface area (Å²) in [6, 6.07) is 5.06. The molecule has 3 rings (SSSR count). The average Bonchev–Trinajstić information content (AvgIpc) is 3.43. The Balaban J connectivity index is 1.51. The lowest BCUT2D eigenvalue weighted by Gasteiger charge is -2.35. The highest BCUT2D eigenvalue weighted by molar-refractivity contribution is 5.94. The molecule has 0 spiro atoms. The van der Waals surface area contributed by atoms with Crippen molar-refractivity contribution in [1.82, 2.24) is 14.7 Å². The van der Waals surface area contributed by atoms with Gasteiger partial charge in [0, 0.05) is 44.3 Å². The van der Waals surface area contributed by atoms with Gasteiger partial charge in [-0.3, -0.25) is 14.5 Å². The number of benzene rings is 1. The molecule has 5 nitrogen and oxygen atoms in total. The number of likely N-dealkylation sites (N-methyl/N-ethyl adjacent to an activating group) is 1. The van der Waals surface area contributed by atoms with E-state index < -0.39 is 0 Å². The van der Waals surface area contributed by atoms with Gasteiger partial charge in [-0.1, -0.05) is 6.07 Å². The van der Waals surface area contributed by atoms with Crippen LogP contribution in [-0.2, 0) is 4.79 Å². The number of aryl methyl sites for hydroxylation is 1. The van der Waals surface area contributed by atoms with Gasteiger partial charge in [0.2, 0.25) is 5.91 Å². The third-order valence-corrected chi connectivity index (χ3v) is 5.09. The number of hydrogen-bond donors (Lipinski definition) is 0. The van der Waals surface area contributed by atoms with Gasteiger partial charge in [-0.2, -0.15) is 0 Å². The fourth-order valence-corrected chi connectivity index (χ4v) is 3.32. The fraction of sp³-hybridized carbons (Fsp3) is 0.579. The van der Waals surface area contributed by atoms with Crippen molar-refractivity contribution in [3.63, 3.8) is 0 Å². The number of hydrogen-bond acceptors (Lipinski definition) is 3. The topological polar surface area (TPSA) is 43.9 Å². The van der Waals surface area contributed by atoms with Crippen molar-refractivity contribution >= 4 is 11.8 Å². The van der Waals surface area contributed by atoms with Crippen LogP contribution >= 0.6 is 0 Å². The van der Waals surface area contributed by atoms with Crippen LogP contribution in [0.2, 0.25) is 0 Å². The van der Waals surface area contributed by atoms with E-state index in [4.69, 9.17) is 0 Å². The maximum Gasteiger partial charge on any atom is 0.254 e. The van der Waals surface area contributed by atoms with E-state index in [9.17, 15) is 14.0 Å². The van der Waals surface area contributed by atoms with Crippen molar-refractivity contribution in [3.8, 4) is 0 Å². The minimum Gasteiger partial charge on any atom is -0.339 e. The number of nitrogens with zero attached hydrogens (tertiary/aromatic N) is 3. The number of carbonyl (C=O) groups excluding carboxylic acids is 2. The number of amides is 2. The summed E-state index contributed by atoms with van der Waals surface area (Å²) in [4.78, 5) is 30.7. The summed E-state index contributed by atoms with van der Waals surface area (Å²) in [7, 11) is 0. The standard InChI is InChI=1S/C19H26FN3O2/c1-3-23(16-6-7-16)18(24)13-21-8-10-22(11-9-21)19(25)15-5-4-14(2)17(20)12-15/h4-5,12,16H,3,6-11,13H2,1-2H3. The second-order valence-electron chi connectivity index (χ2n) is 6.94. The Morgan fingerprint density at radius 1 is 1.20 bits per heavy atom. The monoisotopic (exact) mass is 347 g/mol. The molecule has 0 N–H and O–H groups in total. The molecule has 2 amide bonds. The van der Waals surface area contributed by atoms with E-state index >= 15 is 0 Å². The Kier molecular flexibility index (Phi) is 5.37. The van der Waals surface area contributed by atoms with E-state index in [1.54, 1.807) is 24.0 Å². The van der Waals surface area contributed by atoms with Gasteiger partial charge in [0.1, 0.15) is 5.82 Å². The zero-order chi connectivity index (χ0) is 18.0. The minimum absolute atomic E-state index is 0.141. The first-order valence-corrected chi connectivity index (χ1v) is 9.07. The highest BCUT2D eigenvalue weighted by atomic mass is 19.1. The van der Waals surface area contributed by atoms with E-state index in [-0.39, 0.29) is 17.6 Å². The number of piperazine rings is 1. The van der Waals surface area contributed by atoms with Crippen LogP contribution in [0.4, 0.5) is 4.39 Å². The number of halogens is 1. The molecule has 1 aliphatic carbocycles. The quantitative estimate of drug-likeness (QED) is 0.817. The molecule has 2 fully saturated rings. The van der Waals surface area contributed by atoms with Gasteiger partial charge in [-0.05, 0) is 44.4 Å². The second kappa shape index (κ2) is 7.52. The molecule has 2 aliphatic rings. The van der Waals surface area contributed by atoms with Gasteiger partial charge < -0.3 is 9.80 Å². The third-order valence-electron chi connectivity index (χ3n) is 5.09. The molecule has 25 heavy (non-hydrogen) atoms. The zero-order valence-corrected chi connectivity index (χ0v) is 15.0. The van der Waals surface area contributed by atoms with Gasteiger partial charge in [-0.15, -0.1) is 0 Å². The Morgan fingerprint density at radius 3 is 2.44 bits per heavy atom. The lowest BCUT2D eigenvalue weighted by atomic mass is 10.1. The van der Waals surface area contributed by atoms with Crippen molar-refractivity contribution in [1.29, 1.82) is 0 Å². The first-order chi connectivity index (χ1) is 12.0. The zero-order valence-electron chi connectivity index (χ0n) is 15.0. The van der Waals surface area contributed by atoms with Crippen molar-refractivity contribution in [2.75, 3.05) is 39.3 Å².